The number of β-amino-alcohol motifs (C(OH)–C–C–N with tert-alkyl or cyclic N) is 1. The number of hydrogen-bond acceptors (Lipinski definition) is 3. The fraction of sp³-hybridized carbons (Fsp3) is 0.846. The summed E-state index contributed by atoms with van der Waals surface area (Å²) in [5.41, 5.74) is -0.943. The van der Waals surface area contributed by atoms with Crippen LogP contribution >= 0.6 is 0 Å². The minimum absolute atomic E-state index is 0.0463. The van der Waals surface area contributed by atoms with E-state index >= 15 is 0 Å². The largest absolute Gasteiger partial charge is 0.389 e. The highest BCUT2D eigenvalue weighted by Crippen LogP contribution is 2.51. The van der Waals surface area contributed by atoms with Crippen molar-refractivity contribution < 1.29 is 14.7 Å². The topological polar surface area (TPSA) is 57.6 Å². The predicted molar refractivity (Wildman–Crippen MR) is 63.2 cm³/mol. The molecule has 1 saturated heterocycles. The van der Waals surface area contributed by atoms with E-state index in [0.717, 1.165) is 6.42 Å². The summed E-state index contributed by atoms with van der Waals surface area (Å²) in [6.07, 6.45) is 0.852. The van der Waals surface area contributed by atoms with Gasteiger partial charge in [0, 0.05) is 18.4 Å². The number of likely N-dealkylation sites (tertiary alicyclic amines) is 1. The van der Waals surface area contributed by atoms with Crippen LogP contribution in [0.3, 0.4) is 0 Å². The normalized spacial score (nSPS) is 32.0. The number of rotatable bonds is 4. The first kappa shape index (κ1) is 12.6. The van der Waals surface area contributed by atoms with Crippen molar-refractivity contribution in [3.05, 3.63) is 0 Å². The van der Waals surface area contributed by atoms with Crippen molar-refractivity contribution >= 4 is 11.7 Å². The fourth-order valence-electron chi connectivity index (χ4n) is 2.73. The average Bonchev–Trinajstić information content (AvgIpc) is 2.88. The number of piperidine rings is 1. The van der Waals surface area contributed by atoms with Crippen LogP contribution in [0.2, 0.25) is 0 Å². The van der Waals surface area contributed by atoms with E-state index in [1.807, 2.05) is 13.8 Å². The number of Topliss-reactive ketones (excluding diaryl/α,β-unsaturated/α-hetero) is 1. The van der Waals surface area contributed by atoms with Crippen LogP contribution < -0.4 is 0 Å². The number of hydrogen-bond donors (Lipinski definition) is 1. The van der Waals surface area contributed by atoms with Crippen LogP contribution in [0.25, 0.3) is 0 Å². The zero-order valence-corrected chi connectivity index (χ0v) is 10.9. The van der Waals surface area contributed by atoms with Crippen LogP contribution in [-0.2, 0) is 9.59 Å². The highest BCUT2D eigenvalue weighted by molar-refractivity contribution is 5.97. The highest BCUT2D eigenvalue weighted by atomic mass is 16.3. The molecule has 1 aliphatic carbocycles. The van der Waals surface area contributed by atoms with Crippen LogP contribution in [0, 0.1) is 17.8 Å². The lowest BCUT2D eigenvalue weighted by molar-refractivity contribution is -0.141. The molecule has 0 spiro atoms. The number of nitrogens with zero attached hydrogens (tertiary/aromatic N) is 1. The molecule has 1 amide bonds. The third kappa shape index (κ3) is 2.23. The molecule has 0 aromatic heterocycles. The summed E-state index contributed by atoms with van der Waals surface area (Å²) < 4.78 is 0. The summed E-state index contributed by atoms with van der Waals surface area (Å²) >= 11 is 0. The number of amides is 1. The summed E-state index contributed by atoms with van der Waals surface area (Å²) in [6, 6.07) is -0.293. The lowest BCUT2D eigenvalue weighted by Gasteiger charge is -2.32. The molecule has 1 aliphatic heterocycles. The third-order valence-electron chi connectivity index (χ3n) is 3.60. The second-order valence-electron chi connectivity index (χ2n) is 6.29. The van der Waals surface area contributed by atoms with Gasteiger partial charge in [-0.3, -0.25) is 9.59 Å². The molecule has 0 unspecified atom stereocenters. The van der Waals surface area contributed by atoms with E-state index in [1.165, 1.54) is 0 Å². The van der Waals surface area contributed by atoms with Gasteiger partial charge in [-0.25, -0.2) is 0 Å². The van der Waals surface area contributed by atoms with Gasteiger partial charge in [-0.1, -0.05) is 13.8 Å². The molecule has 4 heteroatoms. The Morgan fingerprint density at radius 1 is 1.53 bits per heavy atom. The van der Waals surface area contributed by atoms with Gasteiger partial charge in [0.25, 0.3) is 0 Å². The lowest BCUT2D eigenvalue weighted by atomic mass is 9.97. The first-order valence-corrected chi connectivity index (χ1v) is 6.29. The smallest absolute Gasteiger partial charge is 0.226 e. The first-order valence-electron chi connectivity index (χ1n) is 6.29. The van der Waals surface area contributed by atoms with Gasteiger partial charge < -0.3 is 10.0 Å². The van der Waals surface area contributed by atoms with Gasteiger partial charge in [0.1, 0.15) is 0 Å². The third-order valence-corrected chi connectivity index (χ3v) is 3.60. The maximum atomic E-state index is 12.1. The maximum Gasteiger partial charge on any atom is 0.226 e. The summed E-state index contributed by atoms with van der Waals surface area (Å²) in [5, 5.41) is 9.83. The van der Waals surface area contributed by atoms with Crippen molar-refractivity contribution in [3.63, 3.8) is 0 Å². The standard InChI is InChI=1S/C13H21NO3/c1-7(2)11(15)10-8-5-9(8)12(16)14(10)6-13(3,4)17/h7-10,17H,5-6H2,1-4H3/t8-,9+,10-/m0/s1. The van der Waals surface area contributed by atoms with Gasteiger partial charge >= 0.3 is 0 Å². The van der Waals surface area contributed by atoms with Gasteiger partial charge in [-0.15, -0.1) is 0 Å². The number of fused-ring (bicyclic) bond motifs is 1. The lowest BCUT2D eigenvalue weighted by Crippen LogP contribution is -2.49. The van der Waals surface area contributed by atoms with Crippen molar-refractivity contribution in [3.8, 4) is 0 Å². The van der Waals surface area contributed by atoms with Crippen LogP contribution in [-0.4, -0.2) is 39.9 Å². The number of carbonyl (C=O) groups excluding carboxylic acids is 2. The Hall–Kier alpha value is -0.900. The van der Waals surface area contributed by atoms with Gasteiger partial charge in [-0.2, -0.15) is 0 Å². The number of ketones is 1. The van der Waals surface area contributed by atoms with E-state index in [0.29, 0.717) is 0 Å². The second kappa shape index (κ2) is 3.80. The Morgan fingerprint density at radius 3 is 2.59 bits per heavy atom. The van der Waals surface area contributed by atoms with Crippen molar-refractivity contribution in [2.75, 3.05) is 6.54 Å². The molecule has 2 aliphatic rings. The van der Waals surface area contributed by atoms with Crippen molar-refractivity contribution in [1.29, 1.82) is 0 Å². The molecule has 3 atom stereocenters. The minimum Gasteiger partial charge on any atom is -0.389 e. The van der Waals surface area contributed by atoms with Gasteiger partial charge in [0.05, 0.1) is 11.6 Å². The SMILES string of the molecule is CC(C)C(=O)[C@@H]1[C@H]2C[C@H]2C(=O)N1CC(C)(C)O. The molecule has 1 N–H and O–H groups in total. The molecule has 1 heterocycles. The summed E-state index contributed by atoms with van der Waals surface area (Å²) in [5.74, 6) is 0.380. The van der Waals surface area contributed by atoms with E-state index in [2.05, 4.69) is 0 Å². The van der Waals surface area contributed by atoms with Crippen LogP contribution in [0.15, 0.2) is 0 Å². The number of carbonyl (C=O) groups is 2. The quantitative estimate of drug-likeness (QED) is 0.790. The van der Waals surface area contributed by atoms with Gasteiger partial charge in [-0.05, 0) is 26.2 Å². The van der Waals surface area contributed by atoms with Crippen LogP contribution in [0.1, 0.15) is 34.1 Å². The van der Waals surface area contributed by atoms with Crippen molar-refractivity contribution in [2.24, 2.45) is 17.8 Å². The predicted octanol–water partition coefficient (Wildman–Crippen LogP) is 0.829. The molecule has 2 rings (SSSR count). The average molecular weight is 239 g/mol. The second-order valence-corrected chi connectivity index (χ2v) is 6.29. The highest BCUT2D eigenvalue weighted by Gasteiger charge is 2.61. The van der Waals surface area contributed by atoms with E-state index < -0.39 is 5.60 Å². The van der Waals surface area contributed by atoms with Crippen molar-refractivity contribution in [1.82, 2.24) is 4.90 Å². The van der Waals surface area contributed by atoms with E-state index in [1.54, 1.807) is 18.7 Å². The van der Waals surface area contributed by atoms with Gasteiger partial charge in [0.2, 0.25) is 5.91 Å². The Kier molecular flexibility index (Phi) is 2.81. The molecular weight excluding hydrogens is 218 g/mol. The molecular formula is C13H21NO3. The molecule has 0 bridgehead atoms. The Labute approximate surface area is 102 Å². The summed E-state index contributed by atoms with van der Waals surface area (Å²) in [7, 11) is 0. The molecule has 17 heavy (non-hydrogen) atoms. The molecule has 0 aromatic rings. The summed E-state index contributed by atoms with van der Waals surface area (Å²) in [6.45, 7) is 7.32. The Balaban J connectivity index is 2.17. The van der Waals surface area contributed by atoms with Crippen LogP contribution in [0.5, 0.6) is 0 Å². The zero-order valence-electron chi connectivity index (χ0n) is 10.9. The molecule has 2 fully saturated rings. The molecule has 4 nitrogen and oxygen atoms in total. The zero-order chi connectivity index (χ0) is 13.0. The van der Waals surface area contributed by atoms with E-state index in [4.69, 9.17) is 0 Å². The van der Waals surface area contributed by atoms with Crippen molar-refractivity contribution in [2.45, 2.75) is 45.8 Å². The van der Waals surface area contributed by atoms with Gasteiger partial charge in [0.15, 0.2) is 5.78 Å². The first-order chi connectivity index (χ1) is 7.72. The Morgan fingerprint density at radius 2 is 2.12 bits per heavy atom. The van der Waals surface area contributed by atoms with E-state index in [9.17, 15) is 14.7 Å². The summed E-state index contributed by atoms with van der Waals surface area (Å²) in [4.78, 5) is 25.8. The monoisotopic (exact) mass is 239 g/mol. The molecule has 0 radical (unpaired) electrons. The molecule has 0 aromatic carbocycles. The molecule has 1 saturated carbocycles. The van der Waals surface area contributed by atoms with Crippen LogP contribution in [0.4, 0.5) is 0 Å². The minimum atomic E-state index is -0.943. The maximum absolute atomic E-state index is 12.1. The Bertz CT molecular complexity index is 356. The van der Waals surface area contributed by atoms with E-state index in [-0.39, 0.29) is 42.0 Å². The number of aliphatic hydroxyl groups is 1. The fourth-order valence-corrected chi connectivity index (χ4v) is 2.73. The molecule has 96 valence electrons.